The molecule has 1 saturated heterocycles. The lowest BCUT2D eigenvalue weighted by Gasteiger charge is -2.25. The molecule has 26 heavy (non-hydrogen) atoms. The van der Waals surface area contributed by atoms with Crippen molar-refractivity contribution >= 4 is 16.8 Å². The SMILES string of the molecule is CC(C)(NC(=O)[C@@H]1C2CNC[C@H]21)c1nn(CC(F)(F)F)c2ccccc12. The first-order chi connectivity index (χ1) is 12.2. The molecule has 140 valence electrons. The van der Waals surface area contributed by atoms with Gasteiger partial charge in [-0.25, -0.2) is 0 Å². The van der Waals surface area contributed by atoms with Gasteiger partial charge in [-0.3, -0.25) is 9.48 Å². The topological polar surface area (TPSA) is 59.0 Å². The van der Waals surface area contributed by atoms with Gasteiger partial charge in [-0.15, -0.1) is 0 Å². The van der Waals surface area contributed by atoms with E-state index in [0.29, 0.717) is 28.4 Å². The summed E-state index contributed by atoms with van der Waals surface area (Å²) in [6, 6.07) is 6.81. The molecular formula is C18H21F3N4O. The van der Waals surface area contributed by atoms with Crippen molar-refractivity contribution in [2.45, 2.75) is 32.1 Å². The van der Waals surface area contributed by atoms with Gasteiger partial charge in [0.05, 0.1) is 16.7 Å². The molecule has 3 atom stereocenters. The van der Waals surface area contributed by atoms with Crippen LogP contribution in [0.25, 0.3) is 10.9 Å². The van der Waals surface area contributed by atoms with Crippen molar-refractivity contribution in [3.05, 3.63) is 30.0 Å². The molecule has 8 heteroatoms. The molecule has 4 rings (SSSR count). The molecule has 1 aromatic heterocycles. The van der Waals surface area contributed by atoms with E-state index in [0.717, 1.165) is 17.8 Å². The number of halogens is 3. The van der Waals surface area contributed by atoms with E-state index in [1.165, 1.54) is 0 Å². The van der Waals surface area contributed by atoms with Crippen LogP contribution in [-0.2, 0) is 16.9 Å². The molecule has 2 aromatic rings. The normalized spacial score (nSPS) is 25.3. The zero-order valence-electron chi connectivity index (χ0n) is 14.6. The number of aromatic nitrogens is 2. The van der Waals surface area contributed by atoms with E-state index in [1.54, 1.807) is 38.1 Å². The lowest BCUT2D eigenvalue weighted by Crippen LogP contribution is -2.43. The Morgan fingerprint density at radius 1 is 1.27 bits per heavy atom. The number of nitrogens with one attached hydrogen (secondary N) is 2. The molecule has 2 heterocycles. The Hall–Kier alpha value is -2.09. The highest BCUT2D eigenvalue weighted by Crippen LogP contribution is 2.49. The predicted octanol–water partition coefficient (Wildman–Crippen LogP) is 2.42. The third kappa shape index (κ3) is 2.96. The van der Waals surface area contributed by atoms with Crippen LogP contribution >= 0.6 is 0 Å². The van der Waals surface area contributed by atoms with Crippen molar-refractivity contribution in [3.63, 3.8) is 0 Å². The molecular weight excluding hydrogens is 345 g/mol. The molecule has 0 radical (unpaired) electrons. The largest absolute Gasteiger partial charge is 0.408 e. The number of benzene rings is 1. The van der Waals surface area contributed by atoms with Crippen molar-refractivity contribution in [3.8, 4) is 0 Å². The first-order valence-electron chi connectivity index (χ1n) is 8.73. The van der Waals surface area contributed by atoms with Crippen molar-refractivity contribution in [2.75, 3.05) is 13.1 Å². The fourth-order valence-electron chi connectivity index (χ4n) is 4.14. The number of carbonyl (C=O) groups excluding carboxylic acids is 1. The van der Waals surface area contributed by atoms with E-state index in [9.17, 15) is 18.0 Å². The smallest absolute Gasteiger partial charge is 0.345 e. The van der Waals surface area contributed by atoms with Crippen LogP contribution in [-0.4, -0.2) is 35.0 Å². The van der Waals surface area contributed by atoms with Crippen molar-refractivity contribution < 1.29 is 18.0 Å². The number of amides is 1. The summed E-state index contributed by atoms with van der Waals surface area (Å²) in [5.74, 6) is 0.718. The number of rotatable bonds is 4. The maximum atomic E-state index is 12.9. The number of hydrogen-bond acceptors (Lipinski definition) is 3. The molecule has 2 fully saturated rings. The summed E-state index contributed by atoms with van der Waals surface area (Å²) < 4.78 is 39.6. The molecule has 1 aromatic carbocycles. The molecule has 1 aliphatic heterocycles. The zero-order valence-corrected chi connectivity index (χ0v) is 14.6. The minimum atomic E-state index is -4.36. The molecule has 1 aliphatic carbocycles. The van der Waals surface area contributed by atoms with Gasteiger partial charge in [-0.05, 0) is 44.8 Å². The number of alkyl halides is 3. The summed E-state index contributed by atoms with van der Waals surface area (Å²) in [5.41, 5.74) is 0.00183. The highest BCUT2D eigenvalue weighted by atomic mass is 19.4. The van der Waals surface area contributed by atoms with Gasteiger partial charge in [0.15, 0.2) is 0 Å². The minimum Gasteiger partial charge on any atom is -0.345 e. The number of carbonyl (C=O) groups is 1. The number of piperidine rings is 1. The highest BCUT2D eigenvalue weighted by molar-refractivity contribution is 5.86. The van der Waals surface area contributed by atoms with Crippen molar-refractivity contribution in [2.24, 2.45) is 17.8 Å². The predicted molar refractivity (Wildman–Crippen MR) is 90.3 cm³/mol. The monoisotopic (exact) mass is 366 g/mol. The van der Waals surface area contributed by atoms with E-state index in [2.05, 4.69) is 15.7 Å². The van der Waals surface area contributed by atoms with Gasteiger partial charge in [0.25, 0.3) is 0 Å². The highest BCUT2D eigenvalue weighted by Gasteiger charge is 2.57. The van der Waals surface area contributed by atoms with Gasteiger partial charge in [-0.1, -0.05) is 18.2 Å². The Balaban J connectivity index is 1.63. The Bertz CT molecular complexity index is 848. The standard InChI is InChI=1S/C18H21F3N4O/c1-17(2,23-16(26)14-11-7-22-8-12(11)14)15-10-5-3-4-6-13(10)25(24-15)9-18(19,20)21/h3-6,11-12,14,22H,7-9H2,1-2H3,(H,23,26)/t11-,12?,14+/m1/s1. The second-order valence-electron chi connectivity index (χ2n) is 7.76. The van der Waals surface area contributed by atoms with Crippen LogP contribution in [0.1, 0.15) is 19.5 Å². The van der Waals surface area contributed by atoms with Crippen LogP contribution in [0.15, 0.2) is 24.3 Å². The third-order valence-corrected chi connectivity index (χ3v) is 5.41. The molecule has 1 saturated carbocycles. The summed E-state index contributed by atoms with van der Waals surface area (Å²) in [7, 11) is 0. The molecule has 2 N–H and O–H groups in total. The Morgan fingerprint density at radius 3 is 2.58 bits per heavy atom. The molecule has 1 unspecified atom stereocenters. The average molecular weight is 366 g/mol. The van der Waals surface area contributed by atoms with Crippen molar-refractivity contribution in [1.29, 1.82) is 0 Å². The fourth-order valence-corrected chi connectivity index (χ4v) is 4.14. The summed E-state index contributed by atoms with van der Waals surface area (Å²) in [6.45, 7) is 4.12. The van der Waals surface area contributed by atoms with Gasteiger partial charge >= 0.3 is 6.18 Å². The van der Waals surface area contributed by atoms with E-state index < -0.39 is 18.3 Å². The molecule has 2 aliphatic rings. The average Bonchev–Trinajstić information content (AvgIpc) is 2.88. The maximum absolute atomic E-state index is 12.9. The second-order valence-corrected chi connectivity index (χ2v) is 7.76. The lowest BCUT2D eigenvalue weighted by molar-refractivity contribution is -0.142. The van der Waals surface area contributed by atoms with E-state index in [1.807, 2.05) is 0 Å². The first-order valence-corrected chi connectivity index (χ1v) is 8.73. The van der Waals surface area contributed by atoms with E-state index in [-0.39, 0.29) is 11.8 Å². The second kappa shape index (κ2) is 5.70. The van der Waals surface area contributed by atoms with E-state index in [4.69, 9.17) is 0 Å². The third-order valence-electron chi connectivity index (χ3n) is 5.41. The quantitative estimate of drug-likeness (QED) is 0.874. The Labute approximate surface area is 148 Å². The summed E-state index contributed by atoms with van der Waals surface area (Å²) in [5, 5.41) is 11.1. The van der Waals surface area contributed by atoms with Gasteiger partial charge in [0.1, 0.15) is 6.54 Å². The van der Waals surface area contributed by atoms with Crippen LogP contribution in [0.5, 0.6) is 0 Å². The van der Waals surface area contributed by atoms with Crippen LogP contribution in [0, 0.1) is 17.8 Å². The van der Waals surface area contributed by atoms with Gasteiger partial charge < -0.3 is 10.6 Å². The Kier molecular flexibility index (Phi) is 3.80. The fraction of sp³-hybridized carbons (Fsp3) is 0.556. The van der Waals surface area contributed by atoms with Crippen molar-refractivity contribution in [1.82, 2.24) is 20.4 Å². The van der Waals surface area contributed by atoms with Gasteiger partial charge in [0.2, 0.25) is 5.91 Å². The summed E-state index contributed by atoms with van der Waals surface area (Å²) in [4.78, 5) is 12.6. The number of nitrogens with zero attached hydrogens (tertiary/aromatic N) is 2. The zero-order chi connectivity index (χ0) is 18.7. The number of hydrogen-bond donors (Lipinski definition) is 2. The van der Waals surface area contributed by atoms with Gasteiger partial charge in [-0.2, -0.15) is 18.3 Å². The van der Waals surface area contributed by atoms with Crippen LogP contribution in [0.2, 0.25) is 0 Å². The van der Waals surface area contributed by atoms with Crippen LogP contribution < -0.4 is 10.6 Å². The van der Waals surface area contributed by atoms with E-state index >= 15 is 0 Å². The molecule has 0 spiro atoms. The van der Waals surface area contributed by atoms with Gasteiger partial charge in [0, 0.05) is 11.3 Å². The molecule has 1 amide bonds. The number of fused-ring (bicyclic) bond motifs is 2. The first kappa shape index (κ1) is 17.3. The molecule has 5 nitrogen and oxygen atoms in total. The van der Waals surface area contributed by atoms with Crippen LogP contribution in [0.3, 0.4) is 0 Å². The molecule has 0 bridgehead atoms. The van der Waals surface area contributed by atoms with Crippen LogP contribution in [0.4, 0.5) is 13.2 Å². The Morgan fingerprint density at radius 2 is 1.92 bits per heavy atom. The maximum Gasteiger partial charge on any atom is 0.408 e. The number of para-hydroxylation sites is 1. The summed E-state index contributed by atoms with van der Waals surface area (Å²) in [6.07, 6.45) is -4.36. The summed E-state index contributed by atoms with van der Waals surface area (Å²) >= 11 is 0. The lowest BCUT2D eigenvalue weighted by atomic mass is 9.96. The minimum absolute atomic E-state index is 0.000880.